The molecule has 6 nitrogen and oxygen atoms in total. The zero-order chi connectivity index (χ0) is 19.0. The lowest BCUT2D eigenvalue weighted by atomic mass is 10.1. The Balaban J connectivity index is 1.72. The van der Waals surface area contributed by atoms with Gasteiger partial charge in [0.15, 0.2) is 0 Å². The lowest BCUT2D eigenvalue weighted by molar-refractivity contribution is 0.0450. The van der Waals surface area contributed by atoms with E-state index >= 15 is 0 Å². The van der Waals surface area contributed by atoms with Crippen LogP contribution in [-0.4, -0.2) is 40.4 Å². The second kappa shape index (κ2) is 9.56. The summed E-state index contributed by atoms with van der Waals surface area (Å²) < 4.78 is 35.0. The third-order valence-corrected chi connectivity index (χ3v) is 4.35. The average molecular weight is 398 g/mol. The van der Waals surface area contributed by atoms with Gasteiger partial charge < -0.3 is 9.47 Å². The first kappa shape index (κ1) is 20.2. The first-order valence-corrected chi connectivity index (χ1v) is 10.2. The zero-order valence-corrected chi connectivity index (χ0v) is 15.8. The molecule has 0 unspecified atom stereocenters. The van der Waals surface area contributed by atoms with Crippen LogP contribution in [0.15, 0.2) is 48.5 Å². The molecule has 0 saturated heterocycles. The van der Waals surface area contributed by atoms with Crippen molar-refractivity contribution in [2.75, 3.05) is 26.0 Å². The van der Waals surface area contributed by atoms with Gasteiger partial charge in [-0.15, -0.1) is 0 Å². The van der Waals surface area contributed by atoms with Crippen molar-refractivity contribution in [3.05, 3.63) is 64.7 Å². The van der Waals surface area contributed by atoms with Crippen LogP contribution in [0.1, 0.15) is 15.9 Å². The van der Waals surface area contributed by atoms with Crippen molar-refractivity contribution in [1.82, 2.24) is 4.72 Å². The summed E-state index contributed by atoms with van der Waals surface area (Å²) in [4.78, 5) is 12.0. The molecule has 0 heterocycles. The maximum absolute atomic E-state index is 12.0. The van der Waals surface area contributed by atoms with Crippen LogP contribution in [0.3, 0.4) is 0 Å². The van der Waals surface area contributed by atoms with Crippen LogP contribution in [0.5, 0.6) is 5.75 Å². The summed E-state index contributed by atoms with van der Waals surface area (Å²) in [6.45, 7) is 0.675. The smallest absolute Gasteiger partial charge is 0.338 e. The SMILES string of the molecule is CS(=O)(=O)NCCc1ccc(C(=O)OCCOc2ccc(Cl)cc2)cc1. The van der Waals surface area contributed by atoms with E-state index in [-0.39, 0.29) is 13.2 Å². The summed E-state index contributed by atoms with van der Waals surface area (Å²) in [5.74, 6) is 0.211. The molecule has 0 saturated carbocycles. The van der Waals surface area contributed by atoms with Crippen LogP contribution in [0, 0.1) is 0 Å². The number of rotatable bonds is 9. The summed E-state index contributed by atoms with van der Waals surface area (Å²) in [5, 5.41) is 0.624. The van der Waals surface area contributed by atoms with Crippen molar-refractivity contribution >= 4 is 27.6 Å². The third-order valence-electron chi connectivity index (χ3n) is 3.37. The summed E-state index contributed by atoms with van der Waals surface area (Å²) in [6, 6.07) is 13.8. The van der Waals surface area contributed by atoms with Crippen LogP contribution in [-0.2, 0) is 21.2 Å². The molecular weight excluding hydrogens is 378 g/mol. The predicted octanol–water partition coefficient (Wildman–Crippen LogP) is 2.67. The molecule has 0 fully saturated rings. The molecule has 140 valence electrons. The minimum Gasteiger partial charge on any atom is -0.490 e. The number of benzene rings is 2. The number of ether oxygens (including phenoxy) is 2. The molecule has 2 aromatic carbocycles. The Labute approximate surface area is 158 Å². The lowest BCUT2D eigenvalue weighted by Gasteiger charge is -2.08. The molecule has 0 aromatic heterocycles. The van der Waals surface area contributed by atoms with Crippen molar-refractivity contribution in [2.24, 2.45) is 0 Å². The number of esters is 1. The monoisotopic (exact) mass is 397 g/mol. The topological polar surface area (TPSA) is 81.7 Å². The molecule has 0 spiro atoms. The highest BCUT2D eigenvalue weighted by molar-refractivity contribution is 7.88. The van der Waals surface area contributed by atoms with Gasteiger partial charge in [0.2, 0.25) is 10.0 Å². The fourth-order valence-electron chi connectivity index (χ4n) is 2.10. The molecule has 0 aliphatic heterocycles. The van der Waals surface area contributed by atoms with Gasteiger partial charge in [0.1, 0.15) is 19.0 Å². The number of carbonyl (C=O) groups excluding carboxylic acids is 1. The minimum atomic E-state index is -3.19. The minimum absolute atomic E-state index is 0.126. The van der Waals surface area contributed by atoms with Gasteiger partial charge in [-0.3, -0.25) is 0 Å². The van der Waals surface area contributed by atoms with E-state index in [0.717, 1.165) is 11.8 Å². The average Bonchev–Trinajstić information content (AvgIpc) is 2.59. The van der Waals surface area contributed by atoms with Crippen molar-refractivity contribution in [3.63, 3.8) is 0 Å². The molecule has 0 bridgehead atoms. The fourth-order valence-corrected chi connectivity index (χ4v) is 2.70. The quantitative estimate of drug-likeness (QED) is 0.519. The number of hydrogen-bond donors (Lipinski definition) is 1. The summed E-state index contributed by atoms with van der Waals surface area (Å²) in [5.41, 5.74) is 1.35. The summed E-state index contributed by atoms with van der Waals surface area (Å²) >= 11 is 5.79. The number of halogens is 1. The molecule has 0 radical (unpaired) electrons. The van der Waals surface area contributed by atoms with E-state index in [1.165, 1.54) is 0 Å². The summed E-state index contributed by atoms with van der Waals surface area (Å²) in [7, 11) is -3.19. The number of sulfonamides is 1. The predicted molar refractivity (Wildman–Crippen MR) is 100 cm³/mol. The second-order valence-corrected chi connectivity index (χ2v) is 7.82. The van der Waals surface area contributed by atoms with Crippen LogP contribution in [0.2, 0.25) is 5.02 Å². The van der Waals surface area contributed by atoms with E-state index in [4.69, 9.17) is 21.1 Å². The summed E-state index contributed by atoms with van der Waals surface area (Å²) in [6.07, 6.45) is 1.65. The maximum atomic E-state index is 12.0. The van der Waals surface area contributed by atoms with Gasteiger partial charge in [-0.25, -0.2) is 17.9 Å². The Hall–Kier alpha value is -2.09. The van der Waals surface area contributed by atoms with Gasteiger partial charge in [-0.2, -0.15) is 0 Å². The molecule has 26 heavy (non-hydrogen) atoms. The highest BCUT2D eigenvalue weighted by Gasteiger charge is 2.07. The number of carbonyl (C=O) groups is 1. The van der Waals surface area contributed by atoms with Gasteiger partial charge in [0.05, 0.1) is 11.8 Å². The first-order valence-electron chi connectivity index (χ1n) is 7.92. The lowest BCUT2D eigenvalue weighted by Crippen LogP contribution is -2.24. The van der Waals surface area contributed by atoms with Gasteiger partial charge in [-0.1, -0.05) is 23.7 Å². The molecule has 2 aromatic rings. The van der Waals surface area contributed by atoms with Gasteiger partial charge in [0.25, 0.3) is 0 Å². The van der Waals surface area contributed by atoms with Crippen LogP contribution < -0.4 is 9.46 Å². The van der Waals surface area contributed by atoms with Crippen LogP contribution in [0.4, 0.5) is 0 Å². The Morgan fingerprint density at radius 2 is 1.69 bits per heavy atom. The number of nitrogens with one attached hydrogen (secondary N) is 1. The molecular formula is C18H20ClNO5S. The Morgan fingerprint density at radius 1 is 1.04 bits per heavy atom. The van der Waals surface area contributed by atoms with E-state index in [2.05, 4.69) is 4.72 Å². The van der Waals surface area contributed by atoms with Crippen molar-refractivity contribution in [3.8, 4) is 5.75 Å². The second-order valence-electron chi connectivity index (χ2n) is 5.55. The van der Waals surface area contributed by atoms with Crippen LogP contribution >= 0.6 is 11.6 Å². The first-order chi connectivity index (χ1) is 12.3. The zero-order valence-electron chi connectivity index (χ0n) is 14.3. The molecule has 8 heteroatoms. The number of hydrogen-bond acceptors (Lipinski definition) is 5. The molecule has 0 amide bonds. The molecule has 0 aliphatic carbocycles. The van der Waals surface area contributed by atoms with E-state index in [1.54, 1.807) is 48.5 Å². The van der Waals surface area contributed by atoms with E-state index < -0.39 is 16.0 Å². The van der Waals surface area contributed by atoms with E-state index in [1.807, 2.05) is 0 Å². The van der Waals surface area contributed by atoms with Crippen LogP contribution in [0.25, 0.3) is 0 Å². The highest BCUT2D eigenvalue weighted by atomic mass is 35.5. The third kappa shape index (κ3) is 7.43. The Bertz CT molecular complexity index is 820. The largest absolute Gasteiger partial charge is 0.490 e. The van der Waals surface area contributed by atoms with E-state index in [0.29, 0.717) is 29.3 Å². The van der Waals surface area contributed by atoms with Gasteiger partial charge in [-0.05, 0) is 48.4 Å². The molecule has 0 aliphatic rings. The van der Waals surface area contributed by atoms with Gasteiger partial charge in [0, 0.05) is 11.6 Å². The van der Waals surface area contributed by atoms with Gasteiger partial charge >= 0.3 is 5.97 Å². The Morgan fingerprint density at radius 3 is 2.31 bits per heavy atom. The fraction of sp³-hybridized carbons (Fsp3) is 0.278. The molecule has 1 N–H and O–H groups in total. The highest BCUT2D eigenvalue weighted by Crippen LogP contribution is 2.15. The normalized spacial score (nSPS) is 11.2. The molecule has 2 rings (SSSR count). The van der Waals surface area contributed by atoms with Crippen molar-refractivity contribution in [2.45, 2.75) is 6.42 Å². The van der Waals surface area contributed by atoms with E-state index in [9.17, 15) is 13.2 Å². The Kier molecular flexibility index (Phi) is 7.44. The maximum Gasteiger partial charge on any atom is 0.338 e. The van der Waals surface area contributed by atoms with Crippen molar-refractivity contribution < 1.29 is 22.7 Å². The van der Waals surface area contributed by atoms with Crippen molar-refractivity contribution in [1.29, 1.82) is 0 Å². The molecule has 0 atom stereocenters. The standard InChI is InChI=1S/C18H20ClNO5S/c1-26(22,23)20-11-10-14-2-4-15(5-3-14)18(21)25-13-12-24-17-8-6-16(19)7-9-17/h2-9,20H,10-13H2,1H3.